The van der Waals surface area contributed by atoms with Crippen LogP contribution in [0.15, 0.2) is 23.0 Å². The third kappa shape index (κ3) is 6.67. The molecular weight excluding hydrogens is 394 g/mol. The summed E-state index contributed by atoms with van der Waals surface area (Å²) in [5, 5.41) is 7.65. The lowest BCUT2D eigenvalue weighted by molar-refractivity contribution is -0.131. The van der Waals surface area contributed by atoms with E-state index in [0.717, 1.165) is 0 Å². The monoisotopic (exact) mass is 423 g/mol. The first-order valence-corrected chi connectivity index (χ1v) is 9.73. The van der Waals surface area contributed by atoms with Gasteiger partial charge in [0, 0.05) is 7.11 Å². The molecule has 3 N–H and O–H groups in total. The van der Waals surface area contributed by atoms with E-state index in [1.165, 1.54) is 25.7 Å². The van der Waals surface area contributed by atoms with Crippen LogP contribution in [0.2, 0.25) is 0 Å². The van der Waals surface area contributed by atoms with Crippen LogP contribution in [0.1, 0.15) is 37.6 Å². The highest BCUT2D eigenvalue weighted by molar-refractivity contribution is 5.99. The van der Waals surface area contributed by atoms with Gasteiger partial charge in [-0.1, -0.05) is 13.8 Å². The van der Waals surface area contributed by atoms with Crippen molar-refractivity contribution in [3.8, 4) is 0 Å². The van der Waals surface area contributed by atoms with Crippen molar-refractivity contribution >= 4 is 23.5 Å². The van der Waals surface area contributed by atoms with Crippen molar-refractivity contribution in [3.05, 3.63) is 24.2 Å². The zero-order valence-corrected chi connectivity index (χ0v) is 17.7. The van der Waals surface area contributed by atoms with Crippen molar-refractivity contribution in [1.82, 2.24) is 16.0 Å². The van der Waals surface area contributed by atoms with Gasteiger partial charge in [0.1, 0.15) is 17.9 Å². The zero-order valence-electron chi connectivity index (χ0n) is 17.7. The first kappa shape index (κ1) is 23.6. The minimum Gasteiger partial charge on any atom is -0.472 e. The molecule has 1 fully saturated rings. The van der Waals surface area contributed by atoms with Gasteiger partial charge in [0.05, 0.1) is 37.6 Å². The van der Waals surface area contributed by atoms with Crippen molar-refractivity contribution in [2.75, 3.05) is 26.9 Å². The minimum atomic E-state index is -1.00. The summed E-state index contributed by atoms with van der Waals surface area (Å²) in [5.41, 5.74) is -0.593. The Bertz CT molecular complexity index is 756. The van der Waals surface area contributed by atoms with Gasteiger partial charge >= 0.3 is 0 Å². The lowest BCUT2D eigenvalue weighted by atomic mass is 9.93. The van der Waals surface area contributed by atoms with Gasteiger partial charge in [-0.2, -0.15) is 0 Å². The fourth-order valence-corrected chi connectivity index (χ4v) is 2.84. The Morgan fingerprint density at radius 3 is 2.43 bits per heavy atom. The van der Waals surface area contributed by atoms with E-state index in [4.69, 9.17) is 13.9 Å². The highest BCUT2D eigenvalue weighted by atomic mass is 16.6. The van der Waals surface area contributed by atoms with Gasteiger partial charge in [-0.3, -0.25) is 19.2 Å². The molecule has 3 atom stereocenters. The van der Waals surface area contributed by atoms with E-state index in [1.807, 2.05) is 13.8 Å². The Kier molecular flexibility index (Phi) is 8.13. The molecule has 0 spiro atoms. The fourth-order valence-electron chi connectivity index (χ4n) is 2.84. The van der Waals surface area contributed by atoms with Gasteiger partial charge in [0.2, 0.25) is 11.8 Å². The molecule has 0 aromatic carbocycles. The molecule has 10 nitrogen and oxygen atoms in total. The second kappa shape index (κ2) is 10.4. The summed E-state index contributed by atoms with van der Waals surface area (Å²) < 4.78 is 15.0. The summed E-state index contributed by atoms with van der Waals surface area (Å²) in [6.07, 6.45) is 3.05. The van der Waals surface area contributed by atoms with Crippen molar-refractivity contribution in [2.24, 2.45) is 5.92 Å². The third-order valence-corrected chi connectivity index (χ3v) is 4.62. The van der Waals surface area contributed by atoms with E-state index < -0.39 is 35.4 Å². The summed E-state index contributed by atoms with van der Waals surface area (Å²) in [6.45, 7) is 5.49. The molecule has 1 aliphatic heterocycles. The number of Topliss-reactive ketones (excluding diaryl/α,β-unsaturated/α-hetero) is 1. The van der Waals surface area contributed by atoms with Crippen LogP contribution in [0.25, 0.3) is 0 Å². The molecule has 0 unspecified atom stereocenters. The SMILES string of the molecule is COC[C@H](NC(=O)c1ccoc1)C(=O)NCC(=O)N[C@@H](CC(C)C)C(=O)[C@@]1(C)CO1. The molecule has 2 rings (SSSR count). The molecule has 1 saturated heterocycles. The second-order valence-electron chi connectivity index (χ2n) is 7.84. The topological polar surface area (TPSA) is 139 Å². The molecule has 1 aromatic heterocycles. The smallest absolute Gasteiger partial charge is 0.255 e. The number of carbonyl (C=O) groups is 4. The lowest BCUT2D eigenvalue weighted by Gasteiger charge is -2.22. The average Bonchev–Trinajstić information content (AvgIpc) is 3.20. The second-order valence-corrected chi connectivity index (χ2v) is 7.84. The predicted molar refractivity (Wildman–Crippen MR) is 106 cm³/mol. The lowest BCUT2D eigenvalue weighted by Crippen LogP contribution is -2.53. The van der Waals surface area contributed by atoms with Crippen molar-refractivity contribution in [1.29, 1.82) is 0 Å². The Hall–Kier alpha value is -2.72. The minimum absolute atomic E-state index is 0.0821. The van der Waals surface area contributed by atoms with Crippen LogP contribution < -0.4 is 16.0 Å². The van der Waals surface area contributed by atoms with Gasteiger partial charge in [0.25, 0.3) is 5.91 Å². The molecular formula is C20H29N3O7. The number of carbonyl (C=O) groups excluding carboxylic acids is 4. The zero-order chi connectivity index (χ0) is 22.3. The maximum Gasteiger partial charge on any atom is 0.255 e. The number of rotatable bonds is 12. The number of methoxy groups -OCH3 is 1. The Labute approximate surface area is 175 Å². The Balaban J connectivity index is 1.89. The van der Waals surface area contributed by atoms with Crippen molar-refractivity contribution in [2.45, 2.75) is 44.9 Å². The van der Waals surface area contributed by atoms with E-state index in [-0.39, 0.29) is 30.4 Å². The van der Waals surface area contributed by atoms with E-state index in [2.05, 4.69) is 16.0 Å². The van der Waals surface area contributed by atoms with Gasteiger partial charge in [-0.05, 0) is 25.3 Å². The highest BCUT2D eigenvalue weighted by Gasteiger charge is 2.50. The maximum absolute atomic E-state index is 12.6. The average molecular weight is 423 g/mol. The predicted octanol–water partition coefficient (Wildman–Crippen LogP) is 0.0295. The Morgan fingerprint density at radius 1 is 1.20 bits per heavy atom. The van der Waals surface area contributed by atoms with Crippen molar-refractivity contribution in [3.63, 3.8) is 0 Å². The normalized spacial score (nSPS) is 19.6. The number of ketones is 1. The van der Waals surface area contributed by atoms with Crippen LogP contribution in [0.3, 0.4) is 0 Å². The number of hydrogen-bond donors (Lipinski definition) is 3. The summed E-state index contributed by atoms with van der Waals surface area (Å²) in [4.78, 5) is 49.4. The van der Waals surface area contributed by atoms with Crippen molar-refractivity contribution < 1.29 is 33.1 Å². The maximum atomic E-state index is 12.6. The largest absolute Gasteiger partial charge is 0.472 e. The van der Waals surface area contributed by atoms with Crippen LogP contribution in [0.5, 0.6) is 0 Å². The molecule has 30 heavy (non-hydrogen) atoms. The summed E-state index contributed by atoms with van der Waals surface area (Å²) in [5.74, 6) is -1.61. The van der Waals surface area contributed by atoms with Crippen LogP contribution in [-0.2, 0) is 23.9 Å². The molecule has 3 amide bonds. The number of furan rings is 1. The molecule has 166 valence electrons. The number of epoxide rings is 1. The summed E-state index contributed by atoms with van der Waals surface area (Å²) in [6, 6.07) is -0.241. The standard InChI is InChI=1S/C20H29N3O7/c1-12(2)7-14(17(25)20(3)11-30-20)22-16(24)8-21-19(27)15(10-28-4)23-18(26)13-5-6-29-9-13/h5-6,9,12,14-15H,7-8,10-11H2,1-4H3,(H,21,27)(H,22,24)(H,23,26)/t14-,15-,20+/m0/s1. The van der Waals surface area contributed by atoms with Gasteiger partial charge in [-0.25, -0.2) is 0 Å². The third-order valence-electron chi connectivity index (χ3n) is 4.62. The molecule has 1 aromatic rings. The first-order valence-electron chi connectivity index (χ1n) is 9.73. The van der Waals surface area contributed by atoms with E-state index in [1.54, 1.807) is 6.92 Å². The molecule has 2 heterocycles. The summed E-state index contributed by atoms with van der Waals surface area (Å²) in [7, 11) is 1.39. The van der Waals surface area contributed by atoms with Crippen LogP contribution in [-0.4, -0.2) is 68.1 Å². The van der Waals surface area contributed by atoms with Crippen LogP contribution in [0.4, 0.5) is 0 Å². The van der Waals surface area contributed by atoms with E-state index >= 15 is 0 Å². The molecule has 0 saturated carbocycles. The van der Waals surface area contributed by atoms with Gasteiger partial charge in [-0.15, -0.1) is 0 Å². The molecule has 0 radical (unpaired) electrons. The molecule has 1 aliphatic rings. The molecule has 10 heteroatoms. The number of nitrogens with one attached hydrogen (secondary N) is 3. The number of hydrogen-bond acceptors (Lipinski definition) is 7. The van der Waals surface area contributed by atoms with E-state index in [0.29, 0.717) is 13.0 Å². The fraction of sp³-hybridized carbons (Fsp3) is 0.600. The van der Waals surface area contributed by atoms with Crippen LogP contribution >= 0.6 is 0 Å². The molecule has 0 aliphatic carbocycles. The first-order chi connectivity index (χ1) is 14.2. The van der Waals surface area contributed by atoms with Crippen LogP contribution in [0, 0.1) is 5.92 Å². The summed E-state index contributed by atoms with van der Waals surface area (Å²) >= 11 is 0. The van der Waals surface area contributed by atoms with E-state index in [9.17, 15) is 19.2 Å². The highest BCUT2D eigenvalue weighted by Crippen LogP contribution is 2.29. The number of ether oxygens (including phenoxy) is 2. The van der Waals surface area contributed by atoms with Gasteiger partial charge in [0.15, 0.2) is 5.78 Å². The quantitative estimate of drug-likeness (QED) is 0.403. The van der Waals surface area contributed by atoms with Gasteiger partial charge < -0.3 is 29.8 Å². The molecule has 0 bridgehead atoms. The Morgan fingerprint density at radius 2 is 1.90 bits per heavy atom. The number of amides is 3.